The van der Waals surface area contributed by atoms with Crippen molar-refractivity contribution in [1.29, 1.82) is 0 Å². The standard InChI is InChI=1S/C17H18N6O3/c1-21-9-14(7-19-21)26-16-11-22(10-15(16)24)17(25)12-6-20-23(8-12)13-2-4-18-5-3-13/h2-9,15-16,24H,10-11H2,1H3/t15-,16-/m1/s1. The summed E-state index contributed by atoms with van der Waals surface area (Å²) >= 11 is 0. The lowest BCUT2D eigenvalue weighted by Crippen LogP contribution is -2.31. The molecule has 0 unspecified atom stereocenters. The molecule has 0 bridgehead atoms. The van der Waals surface area contributed by atoms with Crippen molar-refractivity contribution in [3.05, 3.63) is 54.9 Å². The van der Waals surface area contributed by atoms with Crippen LogP contribution in [0.5, 0.6) is 5.75 Å². The zero-order valence-electron chi connectivity index (χ0n) is 14.1. The van der Waals surface area contributed by atoms with E-state index in [2.05, 4.69) is 15.2 Å². The van der Waals surface area contributed by atoms with Gasteiger partial charge in [0.2, 0.25) is 0 Å². The van der Waals surface area contributed by atoms with Crippen molar-refractivity contribution in [2.75, 3.05) is 13.1 Å². The molecule has 1 fully saturated rings. The van der Waals surface area contributed by atoms with Gasteiger partial charge in [0.15, 0.2) is 5.75 Å². The first kappa shape index (κ1) is 16.3. The van der Waals surface area contributed by atoms with Crippen LogP contribution < -0.4 is 4.74 Å². The number of β-amino-alcohol motifs (C(OH)–C–C–N with tert-alkyl or cyclic N) is 1. The van der Waals surface area contributed by atoms with E-state index >= 15 is 0 Å². The first-order valence-corrected chi connectivity index (χ1v) is 8.18. The van der Waals surface area contributed by atoms with Crippen LogP contribution in [0.3, 0.4) is 0 Å². The third-order valence-corrected chi connectivity index (χ3v) is 4.25. The summed E-state index contributed by atoms with van der Waals surface area (Å²) in [5, 5.41) is 18.5. The average Bonchev–Trinajstić information content (AvgIpc) is 3.37. The number of nitrogens with zero attached hydrogens (tertiary/aromatic N) is 6. The van der Waals surface area contributed by atoms with Gasteiger partial charge < -0.3 is 14.7 Å². The molecule has 1 N–H and O–H groups in total. The number of amides is 1. The van der Waals surface area contributed by atoms with E-state index in [-0.39, 0.29) is 12.5 Å². The molecule has 2 atom stereocenters. The molecule has 0 spiro atoms. The zero-order valence-corrected chi connectivity index (χ0v) is 14.1. The van der Waals surface area contributed by atoms with E-state index in [1.807, 2.05) is 0 Å². The van der Waals surface area contributed by atoms with Gasteiger partial charge in [0, 0.05) is 25.6 Å². The number of hydrogen-bond acceptors (Lipinski definition) is 6. The van der Waals surface area contributed by atoms with Crippen LogP contribution in [-0.4, -0.2) is 65.8 Å². The van der Waals surface area contributed by atoms with Crippen LogP contribution >= 0.6 is 0 Å². The van der Waals surface area contributed by atoms with Gasteiger partial charge in [-0.3, -0.25) is 14.5 Å². The summed E-state index contributed by atoms with van der Waals surface area (Å²) in [4.78, 5) is 18.2. The number of aliphatic hydroxyl groups is 1. The minimum Gasteiger partial charge on any atom is -0.482 e. The average molecular weight is 354 g/mol. The SMILES string of the molecule is Cn1cc(O[C@@H]2CN(C(=O)c3cnn(-c4ccncc4)c3)C[C@H]2O)cn1. The minimum absolute atomic E-state index is 0.193. The van der Waals surface area contributed by atoms with Crippen molar-refractivity contribution in [3.8, 4) is 11.4 Å². The van der Waals surface area contributed by atoms with Gasteiger partial charge in [0.25, 0.3) is 5.91 Å². The van der Waals surface area contributed by atoms with Crippen molar-refractivity contribution in [1.82, 2.24) is 29.4 Å². The molecule has 1 saturated heterocycles. The molecule has 0 aliphatic carbocycles. The van der Waals surface area contributed by atoms with Crippen molar-refractivity contribution < 1.29 is 14.6 Å². The fourth-order valence-corrected chi connectivity index (χ4v) is 2.93. The molecule has 0 aromatic carbocycles. The maximum atomic E-state index is 12.7. The Kier molecular flexibility index (Phi) is 4.13. The molecule has 1 aliphatic rings. The molecule has 4 heterocycles. The Morgan fingerprint density at radius 2 is 2.00 bits per heavy atom. The first-order valence-electron chi connectivity index (χ1n) is 8.18. The van der Waals surface area contributed by atoms with E-state index in [1.165, 1.54) is 6.20 Å². The smallest absolute Gasteiger partial charge is 0.257 e. The number of carbonyl (C=O) groups is 1. The van der Waals surface area contributed by atoms with Gasteiger partial charge in [-0.1, -0.05) is 0 Å². The molecule has 0 saturated carbocycles. The number of hydrogen-bond donors (Lipinski definition) is 1. The molecule has 1 aliphatic heterocycles. The topological polar surface area (TPSA) is 98.3 Å². The van der Waals surface area contributed by atoms with Crippen molar-refractivity contribution in [3.63, 3.8) is 0 Å². The fourth-order valence-electron chi connectivity index (χ4n) is 2.93. The molecule has 134 valence electrons. The molecule has 26 heavy (non-hydrogen) atoms. The summed E-state index contributed by atoms with van der Waals surface area (Å²) in [5.41, 5.74) is 1.27. The molecule has 1 amide bonds. The van der Waals surface area contributed by atoms with Gasteiger partial charge in [-0.15, -0.1) is 0 Å². The number of pyridine rings is 1. The van der Waals surface area contributed by atoms with Gasteiger partial charge in [0.05, 0.1) is 42.9 Å². The second kappa shape index (κ2) is 6.60. The Morgan fingerprint density at radius 3 is 2.73 bits per heavy atom. The zero-order chi connectivity index (χ0) is 18.1. The van der Waals surface area contributed by atoms with E-state index in [4.69, 9.17) is 4.74 Å². The third-order valence-electron chi connectivity index (χ3n) is 4.25. The molecule has 4 rings (SSSR count). The molecule has 3 aromatic rings. The Balaban J connectivity index is 1.45. The second-order valence-electron chi connectivity index (χ2n) is 6.16. The number of likely N-dealkylation sites (tertiary alicyclic amines) is 1. The van der Waals surface area contributed by atoms with Crippen LogP contribution in [0.1, 0.15) is 10.4 Å². The van der Waals surface area contributed by atoms with E-state index in [9.17, 15) is 9.90 Å². The number of carbonyl (C=O) groups excluding carboxylic acids is 1. The number of aliphatic hydroxyl groups excluding tert-OH is 1. The summed E-state index contributed by atoms with van der Waals surface area (Å²) in [6, 6.07) is 3.61. The van der Waals surface area contributed by atoms with Crippen molar-refractivity contribution in [2.24, 2.45) is 7.05 Å². The Hall–Kier alpha value is -3.20. The highest BCUT2D eigenvalue weighted by molar-refractivity contribution is 5.94. The number of rotatable bonds is 4. The highest BCUT2D eigenvalue weighted by Gasteiger charge is 2.36. The van der Waals surface area contributed by atoms with Crippen LogP contribution in [-0.2, 0) is 7.05 Å². The summed E-state index contributed by atoms with van der Waals surface area (Å²) in [6.45, 7) is 0.513. The third kappa shape index (κ3) is 3.16. The van der Waals surface area contributed by atoms with Gasteiger partial charge in [-0.2, -0.15) is 10.2 Å². The Morgan fingerprint density at radius 1 is 1.19 bits per heavy atom. The first-order chi connectivity index (χ1) is 12.6. The fraction of sp³-hybridized carbons (Fsp3) is 0.294. The van der Waals surface area contributed by atoms with Gasteiger partial charge in [-0.05, 0) is 12.1 Å². The van der Waals surface area contributed by atoms with E-state index in [1.54, 1.807) is 64.4 Å². The molecule has 9 nitrogen and oxygen atoms in total. The maximum absolute atomic E-state index is 12.7. The predicted molar refractivity (Wildman–Crippen MR) is 90.9 cm³/mol. The molecular formula is C17H18N6O3. The van der Waals surface area contributed by atoms with Crippen LogP contribution in [0.15, 0.2) is 49.3 Å². The van der Waals surface area contributed by atoms with Crippen LogP contribution in [0.4, 0.5) is 0 Å². The van der Waals surface area contributed by atoms with Crippen LogP contribution in [0.2, 0.25) is 0 Å². The summed E-state index contributed by atoms with van der Waals surface area (Å²) in [5.74, 6) is 0.373. The van der Waals surface area contributed by atoms with E-state index in [0.717, 1.165) is 5.69 Å². The Labute approximate surface area is 149 Å². The van der Waals surface area contributed by atoms with Crippen LogP contribution in [0.25, 0.3) is 5.69 Å². The van der Waals surface area contributed by atoms with Gasteiger partial charge in [-0.25, -0.2) is 4.68 Å². The van der Waals surface area contributed by atoms with Gasteiger partial charge >= 0.3 is 0 Å². The lowest BCUT2D eigenvalue weighted by molar-refractivity contribution is 0.0729. The quantitative estimate of drug-likeness (QED) is 0.722. The van der Waals surface area contributed by atoms with E-state index < -0.39 is 12.2 Å². The monoisotopic (exact) mass is 354 g/mol. The Bertz CT molecular complexity index is 906. The predicted octanol–water partition coefficient (Wildman–Crippen LogP) is 0.265. The molecule has 3 aromatic heterocycles. The second-order valence-corrected chi connectivity index (χ2v) is 6.16. The lowest BCUT2D eigenvalue weighted by Gasteiger charge is -2.15. The normalized spacial score (nSPS) is 19.7. The number of aryl methyl sites for hydroxylation is 1. The summed E-state index contributed by atoms with van der Waals surface area (Å²) in [6.07, 6.45) is 8.56. The van der Waals surface area contributed by atoms with Gasteiger partial charge in [0.1, 0.15) is 12.2 Å². The minimum atomic E-state index is -0.755. The molecular weight excluding hydrogens is 336 g/mol. The van der Waals surface area contributed by atoms with Crippen LogP contribution in [0, 0.1) is 0 Å². The molecule has 0 radical (unpaired) electrons. The highest BCUT2D eigenvalue weighted by atomic mass is 16.5. The lowest BCUT2D eigenvalue weighted by atomic mass is 10.3. The highest BCUT2D eigenvalue weighted by Crippen LogP contribution is 2.20. The number of aromatic nitrogens is 5. The summed E-state index contributed by atoms with van der Waals surface area (Å²) in [7, 11) is 1.79. The van der Waals surface area contributed by atoms with Crippen molar-refractivity contribution in [2.45, 2.75) is 12.2 Å². The van der Waals surface area contributed by atoms with Crippen molar-refractivity contribution >= 4 is 5.91 Å². The number of ether oxygens (including phenoxy) is 1. The largest absolute Gasteiger partial charge is 0.482 e. The summed E-state index contributed by atoms with van der Waals surface area (Å²) < 4.78 is 8.98. The maximum Gasteiger partial charge on any atom is 0.257 e. The van der Waals surface area contributed by atoms with E-state index in [0.29, 0.717) is 17.9 Å². The molecule has 9 heteroatoms.